The summed E-state index contributed by atoms with van der Waals surface area (Å²) in [5.41, 5.74) is 0.259. The van der Waals surface area contributed by atoms with E-state index in [-0.39, 0.29) is 5.56 Å². The molecule has 0 aromatic heterocycles. The van der Waals surface area contributed by atoms with Crippen molar-refractivity contribution < 1.29 is 14.6 Å². The Labute approximate surface area is 65.7 Å². The number of aromatic carboxylic acids is 1. The van der Waals surface area contributed by atoms with Gasteiger partial charge in [-0.25, -0.2) is 4.79 Å². The summed E-state index contributed by atoms with van der Waals surface area (Å²) in [5, 5.41) is 3.81. The van der Waals surface area contributed by atoms with Crippen LogP contribution in [-0.4, -0.2) is 18.2 Å². The molecule has 0 heterocycles. The lowest BCUT2D eigenvalue weighted by Crippen LogP contribution is -1.99. The van der Waals surface area contributed by atoms with Crippen LogP contribution in [0.4, 0.5) is 0 Å². The lowest BCUT2D eigenvalue weighted by molar-refractivity contribution is 0.0693. The maximum atomic E-state index is 10.9. The summed E-state index contributed by atoms with van der Waals surface area (Å²) in [6, 6.07) is 6.58. The molecule has 1 aromatic rings. The number of carbonyl (C=O) groups is 1. The molecule has 3 heteroatoms. The molecule has 58 valence electrons. The van der Waals surface area contributed by atoms with E-state index in [1.807, 2.05) is 0 Å². The molecular weight excluding hydrogens is 144 g/mol. The molecule has 0 aliphatic rings. The van der Waals surface area contributed by atoms with Crippen molar-refractivity contribution in [3.8, 4) is 5.75 Å². The number of rotatable bonds is 2. The maximum Gasteiger partial charge on any atom is 0.339 e. The molecule has 1 rings (SSSR count). The summed E-state index contributed by atoms with van der Waals surface area (Å²) in [7, 11) is 1.45. The molecule has 1 N–H and O–H groups in total. The molecule has 1 aromatic carbocycles. The van der Waals surface area contributed by atoms with Crippen LogP contribution in [0.2, 0.25) is 0 Å². The maximum absolute atomic E-state index is 10.9. The number of methoxy groups -OCH3 is 1. The van der Waals surface area contributed by atoms with Gasteiger partial charge in [-0.2, -0.15) is 0 Å². The van der Waals surface area contributed by atoms with Gasteiger partial charge in [0.2, 0.25) is 0 Å². The highest BCUT2D eigenvalue weighted by atomic mass is 16.5. The monoisotopic (exact) mass is 153 g/mol. The smallest absolute Gasteiger partial charge is 0.339 e. The molecular formula is C8H8O3. The second-order valence-corrected chi connectivity index (χ2v) is 1.99. The first-order valence-electron chi connectivity index (χ1n) is 3.51. The standard InChI is InChI=1S/C8H8O3/c1-11-7-5-3-2-4-6(7)8(9)10/h2-5H,1H3,(H,9,10)/i/hD. The van der Waals surface area contributed by atoms with Gasteiger partial charge in [0.15, 0.2) is 0 Å². The second-order valence-electron chi connectivity index (χ2n) is 1.99. The second kappa shape index (κ2) is 3.05. The van der Waals surface area contributed by atoms with E-state index < -0.39 is 5.97 Å². The summed E-state index contributed by atoms with van der Waals surface area (Å²) in [5.74, 6) is -0.304. The molecule has 0 fully saturated rings. The molecule has 0 spiro atoms. The molecule has 0 aliphatic carbocycles. The quantitative estimate of drug-likeness (QED) is 0.698. The van der Waals surface area contributed by atoms with Gasteiger partial charge in [0.1, 0.15) is 11.3 Å². The van der Waals surface area contributed by atoms with Crippen molar-refractivity contribution in [1.29, 1.82) is 1.43 Å². The van der Waals surface area contributed by atoms with Gasteiger partial charge in [-0.05, 0) is 12.1 Å². The Bertz CT molecular complexity index is 285. The first-order valence-corrected chi connectivity index (χ1v) is 3.10. The van der Waals surface area contributed by atoms with Gasteiger partial charge in [-0.1, -0.05) is 12.1 Å². The van der Waals surface area contributed by atoms with E-state index in [1.54, 1.807) is 18.2 Å². The lowest BCUT2D eigenvalue weighted by Gasteiger charge is -2.01. The van der Waals surface area contributed by atoms with E-state index in [4.69, 9.17) is 6.17 Å². The van der Waals surface area contributed by atoms with Crippen LogP contribution in [0, 0.1) is 0 Å². The zero-order chi connectivity index (χ0) is 8.97. The van der Waals surface area contributed by atoms with Crippen molar-refractivity contribution >= 4 is 5.97 Å². The van der Waals surface area contributed by atoms with Crippen molar-refractivity contribution in [1.82, 2.24) is 0 Å². The molecule has 0 atom stereocenters. The molecule has 0 saturated carbocycles. The Morgan fingerprint density at radius 2 is 2.36 bits per heavy atom. The van der Waals surface area contributed by atoms with Gasteiger partial charge in [0.05, 0.1) is 7.11 Å². The van der Waals surface area contributed by atoms with Crippen LogP contribution in [0.1, 0.15) is 10.4 Å². The topological polar surface area (TPSA) is 46.5 Å². The Morgan fingerprint density at radius 3 is 3.00 bits per heavy atom. The van der Waals surface area contributed by atoms with Gasteiger partial charge in [0.25, 0.3) is 1.43 Å². The zero-order valence-corrected chi connectivity index (χ0v) is 6.03. The fraction of sp³-hybridized carbons (Fsp3) is 0.125. The third-order valence-corrected chi connectivity index (χ3v) is 1.33. The normalized spacial score (nSPS) is 10.1. The molecule has 3 nitrogen and oxygen atoms in total. The average Bonchev–Trinajstić information content (AvgIpc) is 2.16. The molecule has 11 heavy (non-hydrogen) atoms. The summed E-state index contributed by atoms with van der Waals surface area (Å²) in [6.07, 6.45) is 0. The average molecular weight is 153 g/mol. The number of para-hydroxylation sites is 1. The van der Waals surface area contributed by atoms with Gasteiger partial charge >= 0.3 is 5.97 Å². The van der Waals surface area contributed by atoms with Gasteiger partial charge in [-0.3, -0.25) is 0 Å². The fourth-order valence-electron chi connectivity index (χ4n) is 0.813. The van der Waals surface area contributed by atoms with Crippen molar-refractivity contribution in [3.63, 3.8) is 0 Å². The summed E-state index contributed by atoms with van der Waals surface area (Å²) in [6.45, 7) is 0. The largest absolute Gasteiger partial charge is 0.496 e. The predicted molar refractivity (Wildman–Crippen MR) is 40.0 cm³/mol. The third-order valence-electron chi connectivity index (χ3n) is 1.33. The number of ether oxygens (including phenoxy) is 1. The summed E-state index contributed by atoms with van der Waals surface area (Å²) >= 11 is 0. The predicted octanol–water partition coefficient (Wildman–Crippen LogP) is 1.39. The number of carboxylic acids is 1. The van der Waals surface area contributed by atoms with Crippen molar-refractivity contribution in [2.45, 2.75) is 0 Å². The first-order chi connectivity index (χ1) is 5.79. The number of hydrogen-bond acceptors (Lipinski definition) is 3. The van der Waals surface area contributed by atoms with Gasteiger partial charge < -0.3 is 9.85 Å². The minimum atomic E-state index is -0.715. The molecule has 0 radical (unpaired) electrons. The van der Waals surface area contributed by atoms with E-state index in [1.165, 1.54) is 13.2 Å². The van der Waals surface area contributed by atoms with Crippen molar-refractivity contribution in [3.05, 3.63) is 29.8 Å². The van der Waals surface area contributed by atoms with Crippen LogP contribution >= 0.6 is 0 Å². The van der Waals surface area contributed by atoms with Crippen LogP contribution in [-0.2, 0) is 0 Å². The Hall–Kier alpha value is -1.51. The Balaban J connectivity index is 3.04. The third kappa shape index (κ3) is 1.49. The SMILES string of the molecule is [2H]OC(=O)c1ccccc1OC. The Morgan fingerprint density at radius 1 is 1.64 bits per heavy atom. The highest BCUT2D eigenvalue weighted by Crippen LogP contribution is 2.16. The number of hydrogen-bond donors (Lipinski definition) is 1. The van der Waals surface area contributed by atoms with Crippen LogP contribution in [0.5, 0.6) is 5.75 Å². The highest BCUT2D eigenvalue weighted by molar-refractivity contribution is 5.90. The first kappa shape index (κ1) is 6.22. The highest BCUT2D eigenvalue weighted by Gasteiger charge is 2.07. The summed E-state index contributed by atoms with van der Waals surface area (Å²) < 4.78 is 11.3. The van der Waals surface area contributed by atoms with E-state index in [0.717, 1.165) is 0 Å². The van der Waals surface area contributed by atoms with E-state index in [9.17, 15) is 4.79 Å². The minimum Gasteiger partial charge on any atom is -0.496 e. The lowest BCUT2D eigenvalue weighted by atomic mass is 10.2. The van der Waals surface area contributed by atoms with E-state index in [2.05, 4.69) is 5.11 Å². The minimum absolute atomic E-state index is 0.259. The van der Waals surface area contributed by atoms with Gasteiger partial charge in [0, 0.05) is 0 Å². The molecule has 0 unspecified atom stereocenters. The fourth-order valence-corrected chi connectivity index (χ4v) is 0.813. The zero-order valence-electron chi connectivity index (χ0n) is 7.03. The summed E-state index contributed by atoms with van der Waals surface area (Å²) in [4.78, 5) is 10.9. The molecule has 0 saturated heterocycles. The van der Waals surface area contributed by atoms with Crippen LogP contribution in [0.25, 0.3) is 1.43 Å². The van der Waals surface area contributed by atoms with E-state index in [0.29, 0.717) is 5.75 Å². The Kier molecular flexibility index (Phi) is 1.73. The van der Waals surface area contributed by atoms with E-state index >= 15 is 0 Å². The van der Waals surface area contributed by atoms with Crippen LogP contribution in [0.15, 0.2) is 24.3 Å². The van der Waals surface area contributed by atoms with Crippen LogP contribution in [0.3, 0.4) is 0 Å². The van der Waals surface area contributed by atoms with Gasteiger partial charge in [-0.15, -0.1) is 0 Å². The molecule has 0 bridgehead atoms. The molecule has 0 aliphatic heterocycles. The van der Waals surface area contributed by atoms with Crippen LogP contribution < -0.4 is 4.74 Å². The number of carboxylic acid groups (broad SMARTS) is 1. The van der Waals surface area contributed by atoms with Crippen molar-refractivity contribution in [2.75, 3.05) is 7.11 Å². The number of benzene rings is 1. The molecule has 0 amide bonds. The van der Waals surface area contributed by atoms with Crippen molar-refractivity contribution in [2.24, 2.45) is 0 Å².